The molecule has 6 nitrogen and oxygen atoms in total. The second-order valence-electron chi connectivity index (χ2n) is 20.6. The number of allylic oxidation sites excluding steroid dienone is 8. The molecule has 0 aromatic heterocycles. The molecule has 0 aliphatic heterocycles. The van der Waals surface area contributed by atoms with Gasteiger partial charge in [0.2, 0.25) is 0 Å². The zero-order chi connectivity index (χ0) is 50.7. The minimum atomic E-state index is -0.778. The van der Waals surface area contributed by atoms with Crippen LogP contribution in [0.3, 0.4) is 0 Å². The van der Waals surface area contributed by atoms with Crippen LogP contribution in [0.1, 0.15) is 323 Å². The predicted octanol–water partition coefficient (Wildman–Crippen LogP) is 20.6. The van der Waals surface area contributed by atoms with Crippen LogP contribution in [0.2, 0.25) is 0 Å². The predicted molar refractivity (Wildman–Crippen MR) is 302 cm³/mol. The number of hydrogen-bond acceptors (Lipinski definition) is 6. The highest BCUT2D eigenvalue weighted by molar-refractivity contribution is 5.71. The van der Waals surface area contributed by atoms with Crippen LogP contribution in [-0.4, -0.2) is 37.2 Å². The van der Waals surface area contributed by atoms with Gasteiger partial charge in [-0.3, -0.25) is 14.4 Å². The highest BCUT2D eigenvalue weighted by Crippen LogP contribution is 2.16. The van der Waals surface area contributed by atoms with Crippen molar-refractivity contribution in [3.8, 4) is 0 Å². The van der Waals surface area contributed by atoms with Gasteiger partial charge in [-0.15, -0.1) is 0 Å². The number of carbonyl (C=O) groups is 3. The van der Waals surface area contributed by atoms with E-state index in [2.05, 4.69) is 69.4 Å². The van der Waals surface area contributed by atoms with Gasteiger partial charge in [0.25, 0.3) is 0 Å². The molecule has 0 spiro atoms. The van der Waals surface area contributed by atoms with Crippen molar-refractivity contribution >= 4 is 17.9 Å². The number of carbonyl (C=O) groups excluding carboxylic acids is 3. The van der Waals surface area contributed by atoms with Gasteiger partial charge in [-0.1, -0.05) is 268 Å². The third-order valence-electron chi connectivity index (χ3n) is 13.6. The molecule has 70 heavy (non-hydrogen) atoms. The van der Waals surface area contributed by atoms with Gasteiger partial charge in [-0.05, 0) is 83.5 Å². The van der Waals surface area contributed by atoms with Crippen molar-refractivity contribution in [2.45, 2.75) is 329 Å². The average Bonchev–Trinajstić information content (AvgIpc) is 3.36. The number of esters is 3. The highest BCUT2D eigenvalue weighted by atomic mass is 16.6. The molecule has 0 rings (SSSR count). The summed E-state index contributed by atoms with van der Waals surface area (Å²) in [5, 5.41) is 0. The van der Waals surface area contributed by atoms with Crippen molar-refractivity contribution < 1.29 is 28.6 Å². The summed E-state index contributed by atoms with van der Waals surface area (Å²) in [6.45, 7) is 6.65. The van der Waals surface area contributed by atoms with Gasteiger partial charge in [0.1, 0.15) is 13.2 Å². The summed E-state index contributed by atoms with van der Waals surface area (Å²) < 4.78 is 16.9. The number of unbranched alkanes of at least 4 members (excludes halogenated alkanes) is 37. The van der Waals surface area contributed by atoms with E-state index in [4.69, 9.17) is 14.2 Å². The largest absolute Gasteiger partial charge is 0.462 e. The zero-order valence-corrected chi connectivity index (χ0v) is 46.8. The van der Waals surface area contributed by atoms with Crippen LogP contribution in [0, 0.1) is 0 Å². The highest BCUT2D eigenvalue weighted by Gasteiger charge is 2.19. The maximum atomic E-state index is 12.9. The van der Waals surface area contributed by atoms with Gasteiger partial charge >= 0.3 is 17.9 Å². The van der Waals surface area contributed by atoms with Crippen LogP contribution in [0.25, 0.3) is 0 Å². The maximum Gasteiger partial charge on any atom is 0.306 e. The Kier molecular flexibility index (Phi) is 56.7. The van der Waals surface area contributed by atoms with Crippen molar-refractivity contribution in [2.75, 3.05) is 13.2 Å². The van der Waals surface area contributed by atoms with Crippen molar-refractivity contribution in [2.24, 2.45) is 0 Å². The van der Waals surface area contributed by atoms with Crippen molar-refractivity contribution in [3.63, 3.8) is 0 Å². The summed E-state index contributed by atoms with van der Waals surface area (Å²) in [7, 11) is 0. The Bertz CT molecular complexity index is 1220. The monoisotopic (exact) mass is 981 g/mol. The minimum absolute atomic E-state index is 0.0750. The molecule has 1 unspecified atom stereocenters. The summed E-state index contributed by atoms with van der Waals surface area (Å²) >= 11 is 0. The molecule has 0 radical (unpaired) electrons. The molecular weight excluding hydrogens is 865 g/mol. The Morgan fingerprint density at radius 3 is 0.814 bits per heavy atom. The Labute approximate surface area is 435 Å². The van der Waals surface area contributed by atoms with E-state index in [1.807, 2.05) is 0 Å². The van der Waals surface area contributed by atoms with Crippen molar-refractivity contribution in [1.29, 1.82) is 0 Å². The van der Waals surface area contributed by atoms with E-state index in [1.54, 1.807) is 0 Å². The van der Waals surface area contributed by atoms with Gasteiger partial charge in [-0.2, -0.15) is 0 Å². The third kappa shape index (κ3) is 56.3. The molecule has 0 fully saturated rings. The van der Waals surface area contributed by atoms with Gasteiger partial charge in [0, 0.05) is 19.3 Å². The maximum absolute atomic E-state index is 12.9. The van der Waals surface area contributed by atoms with Crippen molar-refractivity contribution in [1.82, 2.24) is 0 Å². The van der Waals surface area contributed by atoms with E-state index in [-0.39, 0.29) is 31.1 Å². The second kappa shape index (κ2) is 58.9. The summed E-state index contributed by atoms with van der Waals surface area (Å²) in [6, 6.07) is 0. The lowest BCUT2D eigenvalue weighted by Gasteiger charge is -2.18. The standard InChI is InChI=1S/C64H116O6/c1-4-7-10-13-16-19-22-25-27-29-31-32-34-35-37-39-42-45-48-51-54-57-63(66)69-60-61(59-68-62(65)56-53-50-47-44-41-24-21-18-15-12-9-6-3)70-64(67)58-55-52-49-46-43-40-38-36-33-30-28-26-23-20-17-14-11-8-5-2/h22,25-26,28-29,31,34-35,61H,4-21,23-24,27,30,32-33,36-60H2,1-3H3/b25-22-,28-26-,31-29-,35-34-. The lowest BCUT2D eigenvalue weighted by molar-refractivity contribution is -0.167. The topological polar surface area (TPSA) is 78.9 Å². The smallest absolute Gasteiger partial charge is 0.306 e. The molecule has 0 aromatic rings. The van der Waals surface area contributed by atoms with Crippen LogP contribution in [-0.2, 0) is 28.6 Å². The first-order chi connectivity index (χ1) is 34.5. The molecule has 0 amide bonds. The van der Waals surface area contributed by atoms with Gasteiger partial charge < -0.3 is 14.2 Å². The Balaban J connectivity index is 4.33. The fraction of sp³-hybridized carbons (Fsp3) is 0.828. The first-order valence-corrected chi connectivity index (χ1v) is 30.6. The quantitative estimate of drug-likeness (QED) is 0.0261. The molecule has 0 aliphatic carbocycles. The summed E-state index contributed by atoms with van der Waals surface area (Å²) in [6.07, 6.45) is 72.5. The molecule has 0 aliphatic rings. The number of rotatable bonds is 56. The van der Waals surface area contributed by atoms with E-state index in [9.17, 15) is 14.4 Å². The second-order valence-corrected chi connectivity index (χ2v) is 20.6. The average molecular weight is 982 g/mol. The molecule has 0 bridgehead atoms. The fourth-order valence-electron chi connectivity index (χ4n) is 8.92. The van der Waals surface area contributed by atoms with Crippen LogP contribution < -0.4 is 0 Å². The Morgan fingerprint density at radius 2 is 0.514 bits per heavy atom. The van der Waals surface area contributed by atoms with Crippen LogP contribution >= 0.6 is 0 Å². The first kappa shape index (κ1) is 67.4. The van der Waals surface area contributed by atoms with E-state index < -0.39 is 6.10 Å². The molecule has 0 saturated heterocycles. The normalized spacial score (nSPS) is 12.3. The van der Waals surface area contributed by atoms with E-state index >= 15 is 0 Å². The van der Waals surface area contributed by atoms with Crippen LogP contribution in [0.15, 0.2) is 48.6 Å². The lowest BCUT2D eigenvalue weighted by atomic mass is 10.0. The van der Waals surface area contributed by atoms with Crippen LogP contribution in [0.4, 0.5) is 0 Å². The SMILES string of the molecule is CCCCCCC/C=C\C/C=C\C/C=C\CCCCCCCCC(=O)OCC(COC(=O)CCCCCCCCCCCCCC)OC(=O)CCCCCCCCCCC/C=C\CCCCCCCC. The molecular formula is C64H116O6. The Morgan fingerprint density at radius 1 is 0.286 bits per heavy atom. The lowest BCUT2D eigenvalue weighted by Crippen LogP contribution is -2.30. The molecule has 408 valence electrons. The number of ether oxygens (including phenoxy) is 3. The molecule has 0 heterocycles. The van der Waals surface area contributed by atoms with E-state index in [1.165, 1.54) is 205 Å². The summed E-state index contributed by atoms with van der Waals surface area (Å²) in [5.74, 6) is -0.873. The van der Waals surface area contributed by atoms with Gasteiger partial charge in [-0.25, -0.2) is 0 Å². The summed E-state index contributed by atoms with van der Waals surface area (Å²) in [5.41, 5.74) is 0. The van der Waals surface area contributed by atoms with Crippen LogP contribution in [0.5, 0.6) is 0 Å². The fourth-order valence-corrected chi connectivity index (χ4v) is 8.92. The zero-order valence-electron chi connectivity index (χ0n) is 46.8. The van der Waals surface area contributed by atoms with E-state index in [0.29, 0.717) is 19.3 Å². The molecule has 0 aromatic carbocycles. The van der Waals surface area contributed by atoms with Gasteiger partial charge in [0.05, 0.1) is 0 Å². The molecule has 0 N–H and O–H groups in total. The van der Waals surface area contributed by atoms with Gasteiger partial charge in [0.15, 0.2) is 6.10 Å². The van der Waals surface area contributed by atoms with E-state index in [0.717, 1.165) is 77.0 Å². The minimum Gasteiger partial charge on any atom is -0.462 e. The molecule has 1 atom stereocenters. The van der Waals surface area contributed by atoms with Crippen molar-refractivity contribution in [3.05, 3.63) is 48.6 Å². The Hall–Kier alpha value is -2.63. The molecule has 6 heteroatoms. The third-order valence-corrected chi connectivity index (χ3v) is 13.6. The molecule has 0 saturated carbocycles. The summed E-state index contributed by atoms with van der Waals surface area (Å²) in [4.78, 5) is 38.2. The first-order valence-electron chi connectivity index (χ1n) is 30.6. The number of hydrogen-bond donors (Lipinski definition) is 0.